The van der Waals surface area contributed by atoms with Crippen molar-refractivity contribution < 1.29 is 9.47 Å². The molecular formula is C14H30N2O2. The van der Waals surface area contributed by atoms with E-state index in [0.29, 0.717) is 5.92 Å². The van der Waals surface area contributed by atoms with E-state index in [0.717, 1.165) is 12.8 Å². The highest BCUT2D eigenvalue weighted by molar-refractivity contribution is 5.04. The number of ether oxygens (including phenoxy) is 2. The molecule has 0 aromatic heterocycles. The van der Waals surface area contributed by atoms with Crippen molar-refractivity contribution in [2.24, 2.45) is 11.8 Å². The molecule has 0 aromatic carbocycles. The van der Waals surface area contributed by atoms with E-state index in [9.17, 15) is 0 Å². The summed E-state index contributed by atoms with van der Waals surface area (Å²) in [7, 11) is 1.75. The molecule has 3 unspecified atom stereocenters. The Morgan fingerprint density at radius 2 is 2.00 bits per heavy atom. The molecule has 3 N–H and O–H groups in total. The zero-order valence-electron chi connectivity index (χ0n) is 13.0. The third-order valence-electron chi connectivity index (χ3n) is 4.55. The fourth-order valence-electron chi connectivity index (χ4n) is 3.33. The molecular weight excluding hydrogens is 228 g/mol. The Morgan fingerprint density at radius 3 is 2.28 bits per heavy atom. The largest absolute Gasteiger partial charge is 0.377 e. The molecule has 0 aromatic rings. The monoisotopic (exact) mass is 258 g/mol. The Labute approximate surface area is 112 Å². The molecule has 0 amide bonds. The first-order chi connectivity index (χ1) is 8.12. The summed E-state index contributed by atoms with van der Waals surface area (Å²) < 4.78 is 11.9. The molecule has 1 aliphatic heterocycles. The van der Waals surface area contributed by atoms with Gasteiger partial charge >= 0.3 is 0 Å². The van der Waals surface area contributed by atoms with Gasteiger partial charge in [0.15, 0.2) is 0 Å². The van der Waals surface area contributed by atoms with Crippen LogP contribution in [0.5, 0.6) is 0 Å². The summed E-state index contributed by atoms with van der Waals surface area (Å²) >= 11 is 0. The zero-order valence-corrected chi connectivity index (χ0v) is 13.0. The first-order valence-electron chi connectivity index (χ1n) is 6.83. The quantitative estimate of drug-likeness (QED) is 0.586. The molecule has 4 heteroatoms. The third kappa shape index (κ3) is 2.87. The van der Waals surface area contributed by atoms with E-state index in [1.165, 1.54) is 0 Å². The molecule has 0 bridgehead atoms. The van der Waals surface area contributed by atoms with Crippen molar-refractivity contribution in [3.63, 3.8) is 0 Å². The molecule has 108 valence electrons. The van der Waals surface area contributed by atoms with Gasteiger partial charge in [-0.25, -0.2) is 0 Å². The van der Waals surface area contributed by atoms with Gasteiger partial charge in [-0.05, 0) is 47.5 Å². The van der Waals surface area contributed by atoms with E-state index in [2.05, 4.69) is 47.0 Å². The second-order valence-electron chi connectivity index (χ2n) is 6.79. The van der Waals surface area contributed by atoms with Crippen LogP contribution in [0, 0.1) is 5.92 Å². The summed E-state index contributed by atoms with van der Waals surface area (Å²) in [4.78, 5) is 0. The van der Waals surface area contributed by atoms with Crippen molar-refractivity contribution in [2.45, 2.75) is 77.2 Å². The Kier molecular flexibility index (Phi) is 4.49. The van der Waals surface area contributed by atoms with Gasteiger partial charge in [0.2, 0.25) is 0 Å². The van der Waals surface area contributed by atoms with Crippen LogP contribution in [-0.2, 0) is 9.47 Å². The van der Waals surface area contributed by atoms with Crippen LogP contribution in [0.3, 0.4) is 0 Å². The number of nitrogens with one attached hydrogen (secondary N) is 1. The molecule has 1 saturated heterocycles. The second kappa shape index (κ2) is 5.08. The number of hydrogen-bond acceptors (Lipinski definition) is 4. The molecule has 3 atom stereocenters. The maximum absolute atomic E-state index is 6.16. The molecule has 0 saturated carbocycles. The fraction of sp³-hybridized carbons (Fsp3) is 1.00. The van der Waals surface area contributed by atoms with Gasteiger partial charge < -0.3 is 9.47 Å². The van der Waals surface area contributed by atoms with Gasteiger partial charge in [0.1, 0.15) is 0 Å². The molecule has 0 radical (unpaired) electrons. The minimum absolute atomic E-state index is 0.0734. The SMILES string of the molecule is CCC(C)(OC)C(NN)C1CC(C)(C)OC1(C)C. The average molecular weight is 258 g/mol. The molecule has 0 aliphatic carbocycles. The number of hydrazine groups is 1. The molecule has 0 spiro atoms. The summed E-state index contributed by atoms with van der Waals surface area (Å²) in [5.41, 5.74) is 2.39. The van der Waals surface area contributed by atoms with Crippen molar-refractivity contribution in [3.05, 3.63) is 0 Å². The van der Waals surface area contributed by atoms with Gasteiger partial charge in [-0.2, -0.15) is 0 Å². The summed E-state index contributed by atoms with van der Waals surface area (Å²) in [5.74, 6) is 6.14. The predicted molar refractivity (Wildman–Crippen MR) is 74.2 cm³/mol. The lowest BCUT2D eigenvalue weighted by molar-refractivity contribution is -0.0997. The van der Waals surface area contributed by atoms with Crippen molar-refractivity contribution >= 4 is 0 Å². The second-order valence-corrected chi connectivity index (χ2v) is 6.79. The highest BCUT2D eigenvalue weighted by Crippen LogP contribution is 2.46. The molecule has 4 nitrogen and oxygen atoms in total. The average Bonchev–Trinajstić information content (AvgIpc) is 2.47. The van der Waals surface area contributed by atoms with E-state index in [1.54, 1.807) is 7.11 Å². The van der Waals surface area contributed by atoms with Gasteiger partial charge in [-0.15, -0.1) is 0 Å². The van der Waals surface area contributed by atoms with E-state index < -0.39 is 0 Å². The maximum Gasteiger partial charge on any atom is 0.0817 e. The number of nitrogens with two attached hydrogens (primary N) is 1. The first kappa shape index (κ1) is 15.9. The number of methoxy groups -OCH3 is 1. The summed E-state index contributed by atoms with van der Waals surface area (Å²) in [5, 5.41) is 0. The van der Waals surface area contributed by atoms with Crippen LogP contribution in [0.4, 0.5) is 0 Å². The van der Waals surface area contributed by atoms with Crippen molar-refractivity contribution in [2.75, 3.05) is 7.11 Å². The standard InChI is InChI=1S/C14H30N2O2/c1-8-14(6,17-7)11(16-15)10-9-12(2,3)18-13(10,4)5/h10-11,16H,8-9,15H2,1-7H3. The summed E-state index contributed by atoms with van der Waals surface area (Å²) in [6, 6.07) is 0.0734. The fourth-order valence-corrected chi connectivity index (χ4v) is 3.33. The minimum atomic E-state index is -0.277. The predicted octanol–water partition coefficient (Wildman–Crippen LogP) is 2.23. The lowest BCUT2D eigenvalue weighted by Crippen LogP contribution is -2.59. The van der Waals surface area contributed by atoms with Crippen molar-refractivity contribution in [1.29, 1.82) is 0 Å². The first-order valence-corrected chi connectivity index (χ1v) is 6.83. The Hall–Kier alpha value is -0.160. The topological polar surface area (TPSA) is 56.5 Å². The lowest BCUT2D eigenvalue weighted by Gasteiger charge is -2.42. The summed E-state index contributed by atoms with van der Waals surface area (Å²) in [6.45, 7) is 12.8. The van der Waals surface area contributed by atoms with Gasteiger partial charge in [0.05, 0.1) is 22.8 Å². The highest BCUT2D eigenvalue weighted by Gasteiger charge is 2.53. The van der Waals surface area contributed by atoms with Gasteiger partial charge in [-0.1, -0.05) is 6.92 Å². The van der Waals surface area contributed by atoms with Crippen molar-refractivity contribution in [1.82, 2.24) is 5.43 Å². The van der Waals surface area contributed by atoms with Crippen LogP contribution in [0.2, 0.25) is 0 Å². The molecule has 1 aliphatic rings. The molecule has 1 fully saturated rings. The minimum Gasteiger partial charge on any atom is -0.377 e. The number of hydrogen-bond donors (Lipinski definition) is 2. The van der Waals surface area contributed by atoms with Crippen LogP contribution < -0.4 is 11.3 Å². The molecule has 1 heterocycles. The smallest absolute Gasteiger partial charge is 0.0817 e. The van der Waals surface area contributed by atoms with Crippen LogP contribution in [0.25, 0.3) is 0 Å². The maximum atomic E-state index is 6.16. The van der Waals surface area contributed by atoms with Crippen LogP contribution in [0.15, 0.2) is 0 Å². The van der Waals surface area contributed by atoms with Gasteiger partial charge in [-0.3, -0.25) is 11.3 Å². The lowest BCUT2D eigenvalue weighted by atomic mass is 9.74. The number of rotatable bonds is 5. The zero-order chi connectivity index (χ0) is 14.2. The van der Waals surface area contributed by atoms with Crippen LogP contribution in [-0.4, -0.2) is 30.0 Å². The van der Waals surface area contributed by atoms with E-state index in [1.807, 2.05) is 0 Å². The molecule has 1 rings (SSSR count). The van der Waals surface area contributed by atoms with E-state index in [-0.39, 0.29) is 22.8 Å². The normalized spacial score (nSPS) is 31.0. The van der Waals surface area contributed by atoms with E-state index >= 15 is 0 Å². The van der Waals surface area contributed by atoms with Crippen LogP contribution >= 0.6 is 0 Å². The Morgan fingerprint density at radius 1 is 1.44 bits per heavy atom. The van der Waals surface area contributed by atoms with E-state index in [4.69, 9.17) is 15.3 Å². The Balaban J connectivity index is 3.03. The van der Waals surface area contributed by atoms with Gasteiger partial charge in [0, 0.05) is 13.0 Å². The third-order valence-corrected chi connectivity index (χ3v) is 4.55. The van der Waals surface area contributed by atoms with Crippen LogP contribution in [0.1, 0.15) is 54.4 Å². The van der Waals surface area contributed by atoms with Gasteiger partial charge in [0.25, 0.3) is 0 Å². The summed E-state index contributed by atoms with van der Waals surface area (Å²) in [6.07, 6.45) is 1.89. The highest BCUT2D eigenvalue weighted by atomic mass is 16.5. The Bertz CT molecular complexity index is 286. The molecule has 18 heavy (non-hydrogen) atoms. The van der Waals surface area contributed by atoms with Crippen molar-refractivity contribution in [3.8, 4) is 0 Å².